The molecule has 3 heterocycles. The summed E-state index contributed by atoms with van der Waals surface area (Å²) in [7, 11) is -2.86. The molecule has 2 aliphatic rings. The van der Waals surface area contributed by atoms with Crippen LogP contribution in [0.15, 0.2) is 30.5 Å². The third-order valence-electron chi connectivity index (χ3n) is 5.67. The molecule has 0 radical (unpaired) electrons. The largest absolute Gasteiger partial charge is 0.361 e. The summed E-state index contributed by atoms with van der Waals surface area (Å²) in [4.78, 5) is 19.7. The average molecular weight is 391 g/mol. The van der Waals surface area contributed by atoms with Gasteiger partial charge in [0, 0.05) is 55.9 Å². The average Bonchev–Trinajstić information content (AvgIpc) is 3.25. The maximum atomic E-state index is 12.4. The van der Waals surface area contributed by atoms with Gasteiger partial charge in [-0.2, -0.15) is 0 Å². The fourth-order valence-electron chi connectivity index (χ4n) is 4.11. The van der Waals surface area contributed by atoms with E-state index in [1.807, 2.05) is 29.3 Å². The summed E-state index contributed by atoms with van der Waals surface area (Å²) in [5.41, 5.74) is 2.32. The van der Waals surface area contributed by atoms with Crippen molar-refractivity contribution < 1.29 is 13.2 Å². The van der Waals surface area contributed by atoms with Gasteiger partial charge >= 0.3 is 6.03 Å². The second-order valence-corrected chi connectivity index (χ2v) is 9.65. The number of fused-ring (bicyclic) bond motifs is 1. The highest BCUT2D eigenvalue weighted by atomic mass is 32.2. The number of nitrogens with one attached hydrogen (secondary N) is 2. The van der Waals surface area contributed by atoms with E-state index >= 15 is 0 Å². The summed E-state index contributed by atoms with van der Waals surface area (Å²) in [6.45, 7) is 3.39. The van der Waals surface area contributed by atoms with E-state index in [-0.39, 0.29) is 17.8 Å². The number of benzene rings is 1. The van der Waals surface area contributed by atoms with Gasteiger partial charge < -0.3 is 15.2 Å². The second kappa shape index (κ2) is 7.52. The number of hydrogen-bond acceptors (Lipinski definition) is 4. The minimum absolute atomic E-state index is 0.0338. The van der Waals surface area contributed by atoms with Gasteiger partial charge in [-0.3, -0.25) is 4.90 Å². The number of para-hydroxylation sites is 1. The topological polar surface area (TPSA) is 85.5 Å². The van der Waals surface area contributed by atoms with Crippen molar-refractivity contribution >= 4 is 26.8 Å². The quantitative estimate of drug-likeness (QED) is 0.822. The first-order chi connectivity index (χ1) is 13.0. The van der Waals surface area contributed by atoms with Crippen molar-refractivity contribution in [2.24, 2.45) is 0 Å². The maximum absolute atomic E-state index is 12.4. The van der Waals surface area contributed by atoms with E-state index in [1.165, 1.54) is 10.9 Å². The molecule has 7 nitrogen and oxygen atoms in total. The number of sulfone groups is 1. The van der Waals surface area contributed by atoms with E-state index in [0.717, 1.165) is 31.4 Å². The summed E-state index contributed by atoms with van der Waals surface area (Å²) < 4.78 is 23.3. The minimum Gasteiger partial charge on any atom is -0.361 e. The lowest BCUT2D eigenvalue weighted by atomic mass is 10.1. The molecule has 2 aromatic rings. The standard InChI is InChI=1S/C19H26N4O3S/c24-19(20-7-5-15-13-21-18-4-2-1-3-17(15)18)23-10-8-22(9-11-23)16-6-12-27(25,26)14-16/h1-4,13,16,21H,5-12,14H2,(H,20,24). The first kappa shape index (κ1) is 18.3. The van der Waals surface area contributed by atoms with Gasteiger partial charge in [-0.1, -0.05) is 18.2 Å². The van der Waals surface area contributed by atoms with Crippen LogP contribution >= 0.6 is 0 Å². The number of urea groups is 1. The number of aromatic nitrogens is 1. The molecule has 2 saturated heterocycles. The molecule has 1 atom stereocenters. The molecule has 8 heteroatoms. The number of H-pyrrole nitrogens is 1. The van der Waals surface area contributed by atoms with Crippen molar-refractivity contribution in [3.05, 3.63) is 36.0 Å². The van der Waals surface area contributed by atoms with Gasteiger partial charge in [0.05, 0.1) is 11.5 Å². The highest BCUT2D eigenvalue weighted by Gasteiger charge is 2.34. The summed E-state index contributed by atoms with van der Waals surface area (Å²) in [5, 5.41) is 4.21. The monoisotopic (exact) mass is 390 g/mol. The minimum atomic E-state index is -2.86. The van der Waals surface area contributed by atoms with Crippen LogP contribution in [0.25, 0.3) is 10.9 Å². The molecule has 146 valence electrons. The number of aromatic amines is 1. The van der Waals surface area contributed by atoms with E-state index in [2.05, 4.69) is 21.3 Å². The Morgan fingerprint density at radius 2 is 1.96 bits per heavy atom. The highest BCUT2D eigenvalue weighted by molar-refractivity contribution is 7.91. The van der Waals surface area contributed by atoms with Crippen molar-refractivity contribution in [2.45, 2.75) is 18.9 Å². The fraction of sp³-hybridized carbons (Fsp3) is 0.526. The van der Waals surface area contributed by atoms with E-state index in [1.54, 1.807) is 0 Å². The third kappa shape index (κ3) is 4.11. The Balaban J connectivity index is 1.23. The second-order valence-electron chi connectivity index (χ2n) is 7.42. The molecule has 2 fully saturated rings. The fourth-order valence-corrected chi connectivity index (χ4v) is 5.87. The lowest BCUT2D eigenvalue weighted by Crippen LogP contribution is -2.54. The number of hydrogen-bond donors (Lipinski definition) is 2. The van der Waals surface area contributed by atoms with Crippen molar-refractivity contribution in [1.29, 1.82) is 0 Å². The molecular formula is C19H26N4O3S. The van der Waals surface area contributed by atoms with Gasteiger partial charge in [0.1, 0.15) is 0 Å². The van der Waals surface area contributed by atoms with Crippen molar-refractivity contribution in [1.82, 2.24) is 20.1 Å². The highest BCUT2D eigenvalue weighted by Crippen LogP contribution is 2.20. The van der Waals surface area contributed by atoms with E-state index in [9.17, 15) is 13.2 Å². The van der Waals surface area contributed by atoms with Gasteiger partial charge in [-0.25, -0.2) is 13.2 Å². The lowest BCUT2D eigenvalue weighted by Gasteiger charge is -2.37. The zero-order chi connectivity index (χ0) is 18.9. The number of carbonyl (C=O) groups excluding carboxylic acids is 1. The molecule has 0 spiro atoms. The normalized spacial score (nSPS) is 23.0. The van der Waals surface area contributed by atoms with Crippen LogP contribution in [0.3, 0.4) is 0 Å². The Morgan fingerprint density at radius 3 is 2.70 bits per heavy atom. The number of nitrogens with zero attached hydrogens (tertiary/aromatic N) is 2. The van der Waals surface area contributed by atoms with E-state index in [0.29, 0.717) is 25.4 Å². The molecule has 2 N–H and O–H groups in total. The lowest BCUT2D eigenvalue weighted by molar-refractivity contribution is 0.116. The zero-order valence-corrected chi connectivity index (χ0v) is 16.2. The van der Waals surface area contributed by atoms with Crippen LogP contribution in [0, 0.1) is 0 Å². The summed E-state index contributed by atoms with van der Waals surface area (Å²) in [6.07, 6.45) is 3.51. The van der Waals surface area contributed by atoms with Crippen molar-refractivity contribution in [2.75, 3.05) is 44.2 Å². The first-order valence-electron chi connectivity index (χ1n) is 9.54. The molecule has 4 rings (SSSR count). The van der Waals surface area contributed by atoms with Gasteiger partial charge in [0.25, 0.3) is 0 Å². The van der Waals surface area contributed by atoms with Crippen LogP contribution in [-0.4, -0.2) is 79.5 Å². The Labute approximate surface area is 159 Å². The van der Waals surface area contributed by atoms with Gasteiger partial charge in [0.15, 0.2) is 9.84 Å². The van der Waals surface area contributed by atoms with Gasteiger partial charge in [0.2, 0.25) is 0 Å². The molecule has 1 aromatic carbocycles. The molecule has 2 aliphatic heterocycles. The van der Waals surface area contributed by atoms with E-state index < -0.39 is 9.84 Å². The first-order valence-corrected chi connectivity index (χ1v) is 11.4. The van der Waals surface area contributed by atoms with Gasteiger partial charge in [-0.15, -0.1) is 0 Å². The van der Waals surface area contributed by atoms with Crippen LogP contribution in [0.5, 0.6) is 0 Å². The Hall–Kier alpha value is -2.06. The number of carbonyl (C=O) groups is 1. The molecule has 1 unspecified atom stereocenters. The number of rotatable bonds is 4. The van der Waals surface area contributed by atoms with Crippen LogP contribution < -0.4 is 5.32 Å². The molecule has 27 heavy (non-hydrogen) atoms. The van der Waals surface area contributed by atoms with E-state index in [4.69, 9.17) is 0 Å². The van der Waals surface area contributed by atoms with Gasteiger partial charge in [-0.05, 0) is 24.5 Å². The van der Waals surface area contributed by atoms with Crippen LogP contribution in [0.2, 0.25) is 0 Å². The SMILES string of the molecule is O=C(NCCc1c[nH]c2ccccc12)N1CCN(C2CCS(=O)(=O)C2)CC1. The molecule has 1 aromatic heterocycles. The molecular weight excluding hydrogens is 364 g/mol. The number of piperazine rings is 1. The Kier molecular flexibility index (Phi) is 5.10. The predicted octanol–water partition coefficient (Wildman–Crippen LogP) is 1.22. The predicted molar refractivity (Wildman–Crippen MR) is 106 cm³/mol. The van der Waals surface area contributed by atoms with Crippen LogP contribution in [0.4, 0.5) is 4.79 Å². The number of amides is 2. The summed E-state index contributed by atoms with van der Waals surface area (Å²) >= 11 is 0. The Bertz CT molecular complexity index is 916. The third-order valence-corrected chi connectivity index (χ3v) is 7.42. The van der Waals surface area contributed by atoms with Crippen LogP contribution in [0.1, 0.15) is 12.0 Å². The zero-order valence-electron chi connectivity index (χ0n) is 15.4. The Morgan fingerprint density at radius 1 is 1.19 bits per heavy atom. The van der Waals surface area contributed by atoms with Crippen LogP contribution in [-0.2, 0) is 16.3 Å². The summed E-state index contributed by atoms with van der Waals surface area (Å²) in [6, 6.07) is 8.26. The van der Waals surface area contributed by atoms with Crippen molar-refractivity contribution in [3.63, 3.8) is 0 Å². The smallest absolute Gasteiger partial charge is 0.317 e. The molecule has 0 aliphatic carbocycles. The molecule has 0 bridgehead atoms. The molecule has 2 amide bonds. The molecule has 0 saturated carbocycles. The van der Waals surface area contributed by atoms with Crippen molar-refractivity contribution in [3.8, 4) is 0 Å². The maximum Gasteiger partial charge on any atom is 0.317 e. The summed E-state index contributed by atoms with van der Waals surface area (Å²) in [5.74, 6) is 0.565.